The highest BCUT2D eigenvalue weighted by molar-refractivity contribution is 5.83. The molecule has 1 aliphatic carbocycles. The molecule has 1 aliphatic rings. The predicted octanol–water partition coefficient (Wildman–Crippen LogP) is 0.0407. The number of hydrogen-bond acceptors (Lipinski definition) is 4. The van der Waals surface area contributed by atoms with Crippen molar-refractivity contribution in [2.45, 2.75) is 25.7 Å². The lowest BCUT2D eigenvalue weighted by atomic mass is 9.81. The number of amides is 1. The predicted molar refractivity (Wildman–Crippen MR) is 59.5 cm³/mol. The molecule has 5 nitrogen and oxygen atoms in total. The maximum atomic E-state index is 11.7. The zero-order valence-corrected chi connectivity index (χ0v) is 9.70. The number of carbonyl (C=O) groups is 2. The molecule has 0 bridgehead atoms. The van der Waals surface area contributed by atoms with Gasteiger partial charge in [-0.1, -0.05) is 0 Å². The third-order valence-electron chi connectivity index (χ3n) is 3.19. The minimum Gasteiger partial charge on any atom is -0.468 e. The molecule has 0 radical (unpaired) electrons. The van der Waals surface area contributed by atoms with Gasteiger partial charge in [-0.2, -0.15) is 0 Å². The van der Waals surface area contributed by atoms with E-state index in [1.165, 1.54) is 7.11 Å². The highest BCUT2D eigenvalue weighted by Gasteiger charge is 2.25. The summed E-state index contributed by atoms with van der Waals surface area (Å²) in [5, 5.41) is 2.59. The van der Waals surface area contributed by atoms with E-state index in [2.05, 4.69) is 10.1 Å². The lowest BCUT2D eigenvalue weighted by Gasteiger charge is -2.26. The molecular formula is C11H20N2O3. The van der Waals surface area contributed by atoms with Crippen molar-refractivity contribution in [3.05, 3.63) is 0 Å². The molecule has 0 aromatic carbocycles. The fourth-order valence-electron chi connectivity index (χ4n) is 2.04. The Morgan fingerprint density at radius 2 is 1.94 bits per heavy atom. The van der Waals surface area contributed by atoms with E-state index in [-0.39, 0.29) is 18.4 Å². The fraction of sp³-hybridized carbons (Fsp3) is 0.818. The molecule has 16 heavy (non-hydrogen) atoms. The van der Waals surface area contributed by atoms with Crippen LogP contribution in [0.5, 0.6) is 0 Å². The van der Waals surface area contributed by atoms with E-state index in [0.717, 1.165) is 25.7 Å². The Labute approximate surface area is 95.7 Å². The third-order valence-corrected chi connectivity index (χ3v) is 3.19. The number of ether oxygens (including phenoxy) is 1. The second-order valence-corrected chi connectivity index (χ2v) is 4.25. The number of rotatable bonds is 4. The first kappa shape index (κ1) is 13.0. The molecule has 92 valence electrons. The van der Waals surface area contributed by atoms with Crippen molar-refractivity contribution in [3.8, 4) is 0 Å². The van der Waals surface area contributed by atoms with Crippen LogP contribution in [0.3, 0.4) is 0 Å². The second kappa shape index (κ2) is 6.48. The Morgan fingerprint density at radius 3 is 2.44 bits per heavy atom. The normalized spacial score (nSPS) is 24.9. The van der Waals surface area contributed by atoms with E-state index in [4.69, 9.17) is 5.73 Å². The van der Waals surface area contributed by atoms with E-state index in [9.17, 15) is 9.59 Å². The van der Waals surface area contributed by atoms with Gasteiger partial charge in [0.25, 0.3) is 0 Å². The van der Waals surface area contributed by atoms with Gasteiger partial charge in [0.15, 0.2) is 0 Å². The topological polar surface area (TPSA) is 81.4 Å². The standard InChI is InChI=1S/C11H20N2O3/c1-16-10(14)7-13-11(15)9-4-2-8(6-12)3-5-9/h8-9H,2-7,12H2,1H3,(H,13,15). The lowest BCUT2D eigenvalue weighted by Crippen LogP contribution is -2.37. The molecule has 1 fully saturated rings. The van der Waals surface area contributed by atoms with Gasteiger partial charge >= 0.3 is 5.97 Å². The van der Waals surface area contributed by atoms with Gasteiger partial charge in [-0.05, 0) is 38.1 Å². The van der Waals surface area contributed by atoms with Gasteiger partial charge in [0, 0.05) is 5.92 Å². The van der Waals surface area contributed by atoms with Gasteiger partial charge < -0.3 is 15.8 Å². The summed E-state index contributed by atoms with van der Waals surface area (Å²) in [7, 11) is 1.31. The van der Waals surface area contributed by atoms with Crippen molar-refractivity contribution in [3.63, 3.8) is 0 Å². The van der Waals surface area contributed by atoms with E-state index in [1.54, 1.807) is 0 Å². The van der Waals surface area contributed by atoms with Crippen LogP contribution in [0.25, 0.3) is 0 Å². The van der Waals surface area contributed by atoms with Crippen LogP contribution in [-0.4, -0.2) is 32.1 Å². The van der Waals surface area contributed by atoms with Crippen molar-refractivity contribution < 1.29 is 14.3 Å². The molecule has 1 amide bonds. The van der Waals surface area contributed by atoms with Crippen LogP contribution in [0.15, 0.2) is 0 Å². The van der Waals surface area contributed by atoms with E-state index >= 15 is 0 Å². The molecule has 0 unspecified atom stereocenters. The molecule has 0 aromatic heterocycles. The van der Waals surface area contributed by atoms with Crippen LogP contribution < -0.4 is 11.1 Å². The van der Waals surface area contributed by atoms with Crippen molar-refractivity contribution in [1.82, 2.24) is 5.32 Å². The molecule has 1 saturated carbocycles. The number of esters is 1. The molecule has 0 aromatic rings. The maximum Gasteiger partial charge on any atom is 0.325 e. The molecule has 5 heteroatoms. The molecule has 0 heterocycles. The second-order valence-electron chi connectivity index (χ2n) is 4.25. The van der Waals surface area contributed by atoms with E-state index < -0.39 is 5.97 Å². The summed E-state index contributed by atoms with van der Waals surface area (Å²) in [6, 6.07) is 0. The van der Waals surface area contributed by atoms with Gasteiger partial charge in [-0.3, -0.25) is 9.59 Å². The average Bonchev–Trinajstić information content (AvgIpc) is 2.35. The Hall–Kier alpha value is -1.10. The zero-order valence-electron chi connectivity index (χ0n) is 9.70. The molecular weight excluding hydrogens is 208 g/mol. The zero-order chi connectivity index (χ0) is 12.0. The summed E-state index contributed by atoms with van der Waals surface area (Å²) in [5.41, 5.74) is 5.58. The monoisotopic (exact) mass is 228 g/mol. The molecule has 1 rings (SSSR count). The number of hydrogen-bond donors (Lipinski definition) is 2. The first-order chi connectivity index (χ1) is 7.67. The van der Waals surface area contributed by atoms with Crippen LogP contribution in [-0.2, 0) is 14.3 Å². The van der Waals surface area contributed by atoms with E-state index in [0.29, 0.717) is 12.5 Å². The van der Waals surface area contributed by atoms with Gasteiger partial charge in [0.1, 0.15) is 6.54 Å². The summed E-state index contributed by atoms with van der Waals surface area (Å²) >= 11 is 0. The summed E-state index contributed by atoms with van der Waals surface area (Å²) < 4.78 is 4.45. The van der Waals surface area contributed by atoms with Crippen molar-refractivity contribution in [2.24, 2.45) is 17.6 Å². The number of nitrogens with two attached hydrogens (primary N) is 1. The Balaban J connectivity index is 2.25. The minimum atomic E-state index is -0.413. The highest BCUT2D eigenvalue weighted by Crippen LogP contribution is 2.27. The van der Waals surface area contributed by atoms with Gasteiger partial charge in [0.2, 0.25) is 5.91 Å². The summed E-state index contributed by atoms with van der Waals surface area (Å²) in [5.74, 6) is 0.141. The van der Waals surface area contributed by atoms with Gasteiger partial charge in [-0.15, -0.1) is 0 Å². The molecule has 0 saturated heterocycles. The Bertz CT molecular complexity index is 248. The molecule has 0 aliphatic heterocycles. The van der Waals surface area contributed by atoms with Crippen LogP contribution in [0, 0.1) is 11.8 Å². The first-order valence-corrected chi connectivity index (χ1v) is 5.72. The van der Waals surface area contributed by atoms with Gasteiger partial charge in [-0.25, -0.2) is 0 Å². The summed E-state index contributed by atoms with van der Waals surface area (Å²) in [6.07, 6.45) is 3.75. The van der Waals surface area contributed by atoms with Gasteiger partial charge in [0.05, 0.1) is 7.11 Å². The number of nitrogens with one attached hydrogen (secondary N) is 1. The molecule has 3 N–H and O–H groups in total. The van der Waals surface area contributed by atoms with E-state index in [1.807, 2.05) is 0 Å². The summed E-state index contributed by atoms with van der Waals surface area (Å²) in [4.78, 5) is 22.5. The smallest absolute Gasteiger partial charge is 0.325 e. The maximum absolute atomic E-state index is 11.7. The van der Waals surface area contributed by atoms with Crippen LogP contribution in [0.4, 0.5) is 0 Å². The Kier molecular flexibility index (Phi) is 5.25. The highest BCUT2D eigenvalue weighted by atomic mass is 16.5. The molecule has 0 spiro atoms. The summed E-state index contributed by atoms with van der Waals surface area (Å²) in [6.45, 7) is 0.669. The van der Waals surface area contributed by atoms with Crippen molar-refractivity contribution >= 4 is 11.9 Å². The minimum absolute atomic E-state index is 0.0347. The van der Waals surface area contributed by atoms with Crippen LogP contribution in [0.1, 0.15) is 25.7 Å². The third kappa shape index (κ3) is 3.81. The van der Waals surface area contributed by atoms with Crippen LogP contribution in [0.2, 0.25) is 0 Å². The number of methoxy groups -OCH3 is 1. The quantitative estimate of drug-likeness (QED) is 0.666. The lowest BCUT2D eigenvalue weighted by molar-refractivity contribution is -0.141. The largest absolute Gasteiger partial charge is 0.468 e. The average molecular weight is 228 g/mol. The fourth-order valence-corrected chi connectivity index (χ4v) is 2.04. The van der Waals surface area contributed by atoms with Crippen LogP contribution >= 0.6 is 0 Å². The van der Waals surface area contributed by atoms with Crippen molar-refractivity contribution in [2.75, 3.05) is 20.2 Å². The number of carbonyl (C=O) groups excluding carboxylic acids is 2. The van der Waals surface area contributed by atoms with Crippen molar-refractivity contribution in [1.29, 1.82) is 0 Å². The Morgan fingerprint density at radius 1 is 1.31 bits per heavy atom. The molecule has 0 atom stereocenters. The SMILES string of the molecule is COC(=O)CNC(=O)C1CCC(CN)CC1. The first-order valence-electron chi connectivity index (χ1n) is 5.72.